The normalized spacial score (nSPS) is 29.5. The molecule has 3 fully saturated rings. The Morgan fingerprint density at radius 1 is 1.18 bits per heavy atom. The number of epoxide rings is 1. The van der Waals surface area contributed by atoms with Crippen LogP contribution in [-0.4, -0.2) is 80.1 Å². The van der Waals surface area contributed by atoms with E-state index in [2.05, 4.69) is 51.2 Å². The van der Waals surface area contributed by atoms with Crippen LogP contribution in [0.4, 0.5) is 4.79 Å². The molecule has 0 aliphatic carbocycles. The van der Waals surface area contributed by atoms with Crippen molar-refractivity contribution in [3.63, 3.8) is 0 Å². The van der Waals surface area contributed by atoms with E-state index < -0.39 is 18.6 Å². The van der Waals surface area contributed by atoms with Crippen LogP contribution < -0.4 is 5.32 Å². The number of allylic oxidation sites excluding steroid dienone is 3. The molecule has 0 aromatic rings. The van der Waals surface area contributed by atoms with E-state index >= 15 is 0 Å². The predicted octanol–water partition coefficient (Wildman–Crippen LogP) is 4.87. The summed E-state index contributed by atoms with van der Waals surface area (Å²) in [5.41, 5.74) is 1.01. The maximum absolute atomic E-state index is 12.2. The lowest BCUT2D eigenvalue weighted by atomic mass is 9.85. The highest BCUT2D eigenvalue weighted by Crippen LogP contribution is 2.46. The monoisotopic (exact) mass is 548 g/mol. The number of nitrogens with zero attached hydrogens (tertiary/aromatic N) is 1. The van der Waals surface area contributed by atoms with Gasteiger partial charge in [0, 0.05) is 38.4 Å². The van der Waals surface area contributed by atoms with Crippen molar-refractivity contribution in [1.29, 1.82) is 0 Å². The van der Waals surface area contributed by atoms with Crippen molar-refractivity contribution in [3.8, 4) is 0 Å². The van der Waals surface area contributed by atoms with Crippen molar-refractivity contribution in [2.75, 3.05) is 33.4 Å². The molecule has 220 valence electrons. The molecule has 3 atom stereocenters. The zero-order chi connectivity index (χ0) is 28.5. The van der Waals surface area contributed by atoms with Crippen LogP contribution in [0.5, 0.6) is 0 Å². The first-order valence-corrected chi connectivity index (χ1v) is 14.3. The van der Waals surface area contributed by atoms with Crippen LogP contribution in [0.2, 0.25) is 0 Å². The fourth-order valence-electron chi connectivity index (χ4n) is 4.95. The maximum atomic E-state index is 12.2. The summed E-state index contributed by atoms with van der Waals surface area (Å²) in [6.45, 7) is 12.6. The van der Waals surface area contributed by atoms with Gasteiger partial charge >= 0.3 is 6.09 Å². The topological polar surface area (TPSA) is 98.9 Å². The molecule has 0 aromatic carbocycles. The molecular weight excluding hydrogens is 500 g/mol. The Morgan fingerprint density at radius 3 is 2.56 bits per heavy atom. The highest BCUT2D eigenvalue weighted by atomic mass is 16.7. The van der Waals surface area contributed by atoms with Gasteiger partial charge in [-0.2, -0.15) is 0 Å². The molecule has 39 heavy (non-hydrogen) atoms. The molecule has 1 spiro atoms. The maximum Gasteiger partial charge on any atom is 0.410 e. The number of amides is 2. The summed E-state index contributed by atoms with van der Waals surface area (Å²) in [6.07, 6.45) is 13.4. The third-order valence-electron chi connectivity index (χ3n) is 7.13. The van der Waals surface area contributed by atoms with E-state index in [9.17, 15) is 9.59 Å². The Bertz CT molecular complexity index is 895. The fourth-order valence-corrected chi connectivity index (χ4v) is 4.95. The summed E-state index contributed by atoms with van der Waals surface area (Å²) >= 11 is 0. The molecule has 1 N–H and O–H groups in total. The average molecular weight is 549 g/mol. The molecule has 0 bridgehead atoms. The largest absolute Gasteiger partial charge is 0.442 e. The van der Waals surface area contributed by atoms with Crippen molar-refractivity contribution in [1.82, 2.24) is 10.2 Å². The van der Waals surface area contributed by atoms with Crippen LogP contribution in [0, 0.1) is 5.92 Å². The van der Waals surface area contributed by atoms with Gasteiger partial charge in [0.15, 0.2) is 0 Å². The summed E-state index contributed by atoms with van der Waals surface area (Å²) < 4.78 is 28.7. The second kappa shape index (κ2) is 14.4. The van der Waals surface area contributed by atoms with Crippen LogP contribution in [0.25, 0.3) is 0 Å². The summed E-state index contributed by atoms with van der Waals surface area (Å²) in [6, 6.07) is 0. The quantitative estimate of drug-likeness (QED) is 0.161. The molecular formula is C30H48N2O7. The molecule has 3 heterocycles. The lowest BCUT2D eigenvalue weighted by Gasteiger charge is -2.38. The summed E-state index contributed by atoms with van der Waals surface area (Å²) in [4.78, 5) is 25.9. The Labute approximate surface area is 233 Å². The van der Waals surface area contributed by atoms with Gasteiger partial charge in [0.25, 0.3) is 0 Å². The highest BCUT2D eigenvalue weighted by Gasteiger charge is 2.53. The summed E-state index contributed by atoms with van der Waals surface area (Å²) in [5.74, 6) is -0.163. The van der Waals surface area contributed by atoms with Crippen molar-refractivity contribution in [2.45, 2.75) is 103 Å². The van der Waals surface area contributed by atoms with Gasteiger partial charge in [0.2, 0.25) is 12.3 Å². The van der Waals surface area contributed by atoms with Gasteiger partial charge in [-0.3, -0.25) is 4.79 Å². The molecule has 0 radical (unpaired) electrons. The third kappa shape index (κ3) is 11.1. The smallest absolute Gasteiger partial charge is 0.410 e. The standard InChI is InChI=1S/C30H48N2O7/c1-7-8-9-16-32(6)28(34)38-23(3)12-15-26(33)31-27-35-18-24(19-36-27)13-10-22(2)11-14-25-17-30(21-37-30)20-29(4,5)39-25/h10-12,14-15,23-25,27H,7-9,13,16-21H2,1-6H3,(H,31,33)/b14-11+,15-12-,22-10+/t23-,24?,25+,27?,30+/m0/s1. The molecule has 9 nitrogen and oxygen atoms in total. The number of hydrogen-bond acceptors (Lipinski definition) is 7. The van der Waals surface area contributed by atoms with Crippen molar-refractivity contribution in [2.24, 2.45) is 5.92 Å². The summed E-state index contributed by atoms with van der Waals surface area (Å²) in [5, 5.41) is 2.67. The van der Waals surface area contributed by atoms with E-state index in [0.29, 0.717) is 19.8 Å². The van der Waals surface area contributed by atoms with Crippen LogP contribution in [-0.2, 0) is 28.5 Å². The number of unbranched alkanes of at least 4 members (excludes halogenated alkanes) is 2. The third-order valence-corrected chi connectivity index (χ3v) is 7.13. The summed E-state index contributed by atoms with van der Waals surface area (Å²) in [7, 11) is 1.71. The molecule has 3 saturated heterocycles. The number of hydrogen-bond donors (Lipinski definition) is 1. The number of nitrogens with one attached hydrogen (secondary N) is 1. The SMILES string of the molecule is CCCCCN(C)C(=O)O[C@@H](C)/C=C\C(=O)NC1OCC(C/C=C(C)/C=C/[C@@H]2C[C@]3(CO3)CC(C)(C)O2)CO1. The number of ether oxygens (including phenoxy) is 5. The van der Waals surface area contributed by atoms with E-state index in [0.717, 1.165) is 50.7 Å². The van der Waals surface area contributed by atoms with Gasteiger partial charge in [0.1, 0.15) is 6.10 Å². The van der Waals surface area contributed by atoms with E-state index in [-0.39, 0.29) is 29.1 Å². The van der Waals surface area contributed by atoms with Crippen molar-refractivity contribution >= 4 is 12.0 Å². The minimum Gasteiger partial charge on any atom is -0.442 e. The first kappa shape index (κ1) is 31.3. The van der Waals surface area contributed by atoms with Gasteiger partial charge in [-0.15, -0.1) is 0 Å². The Balaban J connectivity index is 1.32. The molecule has 3 aliphatic heterocycles. The minimum absolute atomic E-state index is 0.0164. The van der Waals surface area contributed by atoms with E-state index in [1.807, 2.05) is 0 Å². The van der Waals surface area contributed by atoms with E-state index in [4.69, 9.17) is 23.7 Å². The van der Waals surface area contributed by atoms with Gasteiger partial charge in [-0.25, -0.2) is 4.79 Å². The first-order chi connectivity index (χ1) is 18.5. The fraction of sp³-hybridized carbons (Fsp3) is 0.733. The minimum atomic E-state index is -0.797. The molecule has 3 aliphatic rings. The van der Waals surface area contributed by atoms with Crippen molar-refractivity contribution in [3.05, 3.63) is 36.0 Å². The molecule has 0 saturated carbocycles. The Hall–Kier alpha value is -2.20. The van der Waals surface area contributed by atoms with Gasteiger partial charge in [-0.1, -0.05) is 43.6 Å². The van der Waals surface area contributed by atoms with Crippen molar-refractivity contribution < 1.29 is 33.3 Å². The predicted molar refractivity (Wildman–Crippen MR) is 149 cm³/mol. The van der Waals surface area contributed by atoms with Crippen LogP contribution >= 0.6 is 0 Å². The first-order valence-electron chi connectivity index (χ1n) is 14.3. The average Bonchev–Trinajstić information content (AvgIpc) is 3.62. The van der Waals surface area contributed by atoms with Gasteiger partial charge in [0.05, 0.1) is 37.1 Å². The molecule has 2 amide bonds. The molecule has 3 rings (SSSR count). The Kier molecular flexibility index (Phi) is 11.6. The van der Waals surface area contributed by atoms with Crippen LogP contribution in [0.3, 0.4) is 0 Å². The second-order valence-corrected chi connectivity index (χ2v) is 11.8. The number of carbonyl (C=O) groups excluding carboxylic acids is 2. The van der Waals surface area contributed by atoms with Gasteiger partial charge in [-0.05, 0) is 46.6 Å². The zero-order valence-corrected chi connectivity index (χ0v) is 24.6. The number of carbonyl (C=O) groups is 2. The molecule has 9 heteroatoms. The highest BCUT2D eigenvalue weighted by molar-refractivity contribution is 5.87. The van der Waals surface area contributed by atoms with Crippen LogP contribution in [0.1, 0.15) is 73.1 Å². The lowest BCUT2D eigenvalue weighted by molar-refractivity contribution is -0.213. The Morgan fingerprint density at radius 2 is 1.90 bits per heavy atom. The van der Waals surface area contributed by atoms with E-state index in [1.54, 1.807) is 18.9 Å². The molecule has 0 unspecified atom stereocenters. The zero-order valence-electron chi connectivity index (χ0n) is 24.6. The second-order valence-electron chi connectivity index (χ2n) is 11.8. The molecule has 0 aromatic heterocycles. The van der Waals surface area contributed by atoms with E-state index in [1.165, 1.54) is 12.2 Å². The van der Waals surface area contributed by atoms with Crippen LogP contribution in [0.15, 0.2) is 36.0 Å². The van der Waals surface area contributed by atoms with Gasteiger partial charge < -0.3 is 33.9 Å². The lowest BCUT2D eigenvalue weighted by Crippen LogP contribution is -2.44. The number of rotatable bonds is 12.